The van der Waals surface area contributed by atoms with Crippen molar-refractivity contribution in [2.45, 2.75) is 71.2 Å². The van der Waals surface area contributed by atoms with E-state index in [0.29, 0.717) is 25.9 Å². The fourth-order valence-corrected chi connectivity index (χ4v) is 5.53. The van der Waals surface area contributed by atoms with Crippen molar-refractivity contribution >= 4 is 5.78 Å². The summed E-state index contributed by atoms with van der Waals surface area (Å²) < 4.78 is 5.66. The molecule has 24 heavy (non-hydrogen) atoms. The Morgan fingerprint density at radius 2 is 1.96 bits per heavy atom. The van der Waals surface area contributed by atoms with Gasteiger partial charge in [0, 0.05) is 11.3 Å². The molecule has 5 atom stereocenters. The molecule has 2 N–H and O–H groups in total. The van der Waals surface area contributed by atoms with Gasteiger partial charge in [-0.2, -0.15) is 0 Å². The summed E-state index contributed by atoms with van der Waals surface area (Å²) >= 11 is 0. The van der Waals surface area contributed by atoms with Gasteiger partial charge in [-0.05, 0) is 50.7 Å². The number of ketones is 1. The van der Waals surface area contributed by atoms with Crippen LogP contribution in [-0.4, -0.2) is 40.4 Å². The van der Waals surface area contributed by atoms with Crippen LogP contribution in [0.3, 0.4) is 0 Å². The zero-order valence-corrected chi connectivity index (χ0v) is 15.1. The van der Waals surface area contributed by atoms with Crippen molar-refractivity contribution in [2.24, 2.45) is 16.7 Å². The average molecular weight is 332 g/mol. The standard InChI is InChI=1S/C20H28O4/c1-11-5-8-20(23)9-13-12-10-24-14(12)6-7-19(13,4)17(22)16(21)15(11)18(20,2)3/h9,12,14,16,21,23H,5-8,10H2,1-4H3/b13-9-/t12?,14?,16-,19-,20-/m1/s1. The van der Waals surface area contributed by atoms with Crippen LogP contribution in [0, 0.1) is 16.7 Å². The first kappa shape index (κ1) is 16.5. The van der Waals surface area contributed by atoms with Crippen molar-refractivity contribution in [2.75, 3.05) is 6.61 Å². The summed E-state index contributed by atoms with van der Waals surface area (Å²) in [5.41, 5.74) is 0.394. The second-order valence-electron chi connectivity index (χ2n) is 8.96. The Kier molecular flexibility index (Phi) is 3.30. The molecule has 4 nitrogen and oxygen atoms in total. The SMILES string of the molecule is CC1=C2[C@@H](O)C(=O)[C@]3(C)CCC4OCC4/C3=C/[C@](O)(CC1)C2(C)C. The lowest BCUT2D eigenvalue weighted by Crippen LogP contribution is -2.59. The van der Waals surface area contributed by atoms with Gasteiger partial charge in [0.2, 0.25) is 0 Å². The monoisotopic (exact) mass is 332 g/mol. The van der Waals surface area contributed by atoms with E-state index in [0.717, 1.165) is 23.1 Å². The highest BCUT2D eigenvalue weighted by atomic mass is 16.5. The first-order valence-electron chi connectivity index (χ1n) is 9.11. The number of rotatable bonds is 0. The molecule has 3 aliphatic carbocycles. The van der Waals surface area contributed by atoms with Gasteiger partial charge >= 0.3 is 0 Å². The molecule has 1 heterocycles. The van der Waals surface area contributed by atoms with Gasteiger partial charge < -0.3 is 14.9 Å². The fourth-order valence-electron chi connectivity index (χ4n) is 5.53. The third kappa shape index (κ3) is 1.82. The topological polar surface area (TPSA) is 66.8 Å². The van der Waals surface area contributed by atoms with E-state index < -0.39 is 22.5 Å². The van der Waals surface area contributed by atoms with Gasteiger partial charge in [0.15, 0.2) is 5.78 Å². The van der Waals surface area contributed by atoms with Crippen molar-refractivity contribution < 1.29 is 19.7 Å². The molecule has 1 aliphatic heterocycles. The summed E-state index contributed by atoms with van der Waals surface area (Å²) in [7, 11) is 0. The Bertz CT molecular complexity index is 673. The minimum atomic E-state index is -1.13. The predicted octanol–water partition coefficient (Wildman–Crippen LogP) is 2.54. The summed E-state index contributed by atoms with van der Waals surface area (Å²) in [5, 5.41) is 22.6. The Labute approximate surface area is 143 Å². The van der Waals surface area contributed by atoms with Gasteiger partial charge in [0.05, 0.1) is 23.7 Å². The second-order valence-corrected chi connectivity index (χ2v) is 8.96. The van der Waals surface area contributed by atoms with E-state index in [1.54, 1.807) is 0 Å². The molecule has 2 bridgehead atoms. The number of carbonyl (C=O) groups excluding carboxylic acids is 1. The van der Waals surface area contributed by atoms with Gasteiger partial charge in [-0.25, -0.2) is 0 Å². The molecule has 0 aromatic carbocycles. The number of aliphatic hydroxyl groups excluding tert-OH is 1. The lowest BCUT2D eigenvalue weighted by Gasteiger charge is -2.56. The highest BCUT2D eigenvalue weighted by molar-refractivity contribution is 5.94. The van der Waals surface area contributed by atoms with E-state index >= 15 is 0 Å². The maximum Gasteiger partial charge on any atom is 0.175 e. The van der Waals surface area contributed by atoms with E-state index in [1.807, 2.05) is 33.8 Å². The van der Waals surface area contributed by atoms with Crippen molar-refractivity contribution in [1.29, 1.82) is 0 Å². The molecule has 1 saturated heterocycles. The van der Waals surface area contributed by atoms with Gasteiger partial charge in [-0.3, -0.25) is 4.79 Å². The van der Waals surface area contributed by atoms with Crippen LogP contribution in [0.15, 0.2) is 22.8 Å². The largest absolute Gasteiger partial charge is 0.385 e. The highest BCUT2D eigenvalue weighted by Crippen LogP contribution is 2.57. The molecule has 0 spiro atoms. The Morgan fingerprint density at radius 1 is 1.25 bits per heavy atom. The van der Waals surface area contributed by atoms with Gasteiger partial charge in [-0.1, -0.05) is 25.5 Å². The molecule has 2 unspecified atom stereocenters. The summed E-state index contributed by atoms with van der Waals surface area (Å²) in [6, 6.07) is 0. The van der Waals surface area contributed by atoms with Crippen LogP contribution in [0.1, 0.15) is 53.4 Å². The molecule has 4 aliphatic rings. The molecule has 0 radical (unpaired) electrons. The summed E-state index contributed by atoms with van der Waals surface area (Å²) in [6.07, 6.45) is 3.90. The van der Waals surface area contributed by atoms with Gasteiger partial charge in [0.25, 0.3) is 0 Å². The molecule has 4 heteroatoms. The Balaban J connectivity index is 1.97. The number of hydrogen-bond donors (Lipinski definition) is 2. The smallest absolute Gasteiger partial charge is 0.175 e. The molecule has 132 valence electrons. The van der Waals surface area contributed by atoms with Crippen molar-refractivity contribution in [3.63, 3.8) is 0 Å². The van der Waals surface area contributed by atoms with Crippen LogP contribution in [0.4, 0.5) is 0 Å². The van der Waals surface area contributed by atoms with E-state index in [1.165, 1.54) is 0 Å². The normalized spacial score (nSPS) is 49.2. The van der Waals surface area contributed by atoms with E-state index in [-0.39, 0.29) is 17.8 Å². The lowest BCUT2D eigenvalue weighted by molar-refractivity contribution is -0.153. The van der Waals surface area contributed by atoms with Crippen molar-refractivity contribution in [1.82, 2.24) is 0 Å². The number of Topliss-reactive ketones (excluding diaryl/α,β-unsaturated/α-hetero) is 1. The van der Waals surface area contributed by atoms with Crippen LogP contribution in [0.5, 0.6) is 0 Å². The maximum absolute atomic E-state index is 13.3. The first-order valence-corrected chi connectivity index (χ1v) is 9.11. The molecule has 0 aromatic rings. The van der Waals surface area contributed by atoms with Crippen LogP contribution in [-0.2, 0) is 9.53 Å². The number of aliphatic hydroxyl groups is 2. The van der Waals surface area contributed by atoms with E-state index in [4.69, 9.17) is 4.74 Å². The number of carbonyl (C=O) groups is 1. The predicted molar refractivity (Wildman–Crippen MR) is 90.3 cm³/mol. The van der Waals surface area contributed by atoms with E-state index in [9.17, 15) is 15.0 Å². The zero-order chi connectivity index (χ0) is 17.5. The minimum Gasteiger partial charge on any atom is -0.385 e. The zero-order valence-electron chi connectivity index (χ0n) is 15.1. The third-order valence-electron chi connectivity index (χ3n) is 7.46. The molecule has 0 aromatic heterocycles. The van der Waals surface area contributed by atoms with Gasteiger partial charge in [-0.15, -0.1) is 0 Å². The molecule has 2 fully saturated rings. The third-order valence-corrected chi connectivity index (χ3v) is 7.46. The van der Waals surface area contributed by atoms with Crippen LogP contribution < -0.4 is 0 Å². The maximum atomic E-state index is 13.3. The summed E-state index contributed by atoms with van der Waals surface area (Å²) in [6.45, 7) is 8.47. The molecule has 1 saturated carbocycles. The van der Waals surface area contributed by atoms with Crippen molar-refractivity contribution in [3.05, 3.63) is 22.8 Å². The van der Waals surface area contributed by atoms with E-state index in [2.05, 4.69) is 0 Å². The first-order chi connectivity index (χ1) is 11.1. The lowest BCUT2D eigenvalue weighted by atomic mass is 9.52. The average Bonchev–Trinajstić information content (AvgIpc) is 2.47. The van der Waals surface area contributed by atoms with Crippen LogP contribution >= 0.6 is 0 Å². The van der Waals surface area contributed by atoms with Crippen molar-refractivity contribution in [3.8, 4) is 0 Å². The summed E-state index contributed by atoms with van der Waals surface area (Å²) in [4.78, 5) is 13.3. The molecular weight excluding hydrogens is 304 g/mol. The number of ether oxygens (including phenoxy) is 1. The Hall–Kier alpha value is -0.970. The molecule has 0 amide bonds. The molecule has 4 rings (SSSR count). The summed E-state index contributed by atoms with van der Waals surface area (Å²) in [5.74, 6) is 0.0961. The van der Waals surface area contributed by atoms with Gasteiger partial charge in [0.1, 0.15) is 6.10 Å². The second kappa shape index (κ2) is 4.80. The van der Waals surface area contributed by atoms with Crippen LogP contribution in [0.25, 0.3) is 0 Å². The highest BCUT2D eigenvalue weighted by Gasteiger charge is 2.59. The van der Waals surface area contributed by atoms with Crippen LogP contribution in [0.2, 0.25) is 0 Å². The molecular formula is C20H28O4. The minimum absolute atomic E-state index is 0.106. The number of fused-ring (bicyclic) bond motifs is 5. The quantitative estimate of drug-likeness (QED) is 0.669. The number of hydrogen-bond acceptors (Lipinski definition) is 4. The number of allylic oxidation sites excluding steroid dienone is 1. The fraction of sp³-hybridized carbons (Fsp3) is 0.750. The Morgan fingerprint density at radius 3 is 2.58 bits per heavy atom.